The van der Waals surface area contributed by atoms with E-state index in [9.17, 15) is 9.59 Å². The zero-order valence-electron chi connectivity index (χ0n) is 22.3. The fraction of sp³-hybridized carbons (Fsp3) is 0.333. The number of hydrogen-bond acceptors (Lipinski definition) is 7. The third-order valence-corrected chi connectivity index (χ3v) is 7.24. The number of hydrogen-bond donors (Lipinski definition) is 1. The van der Waals surface area contributed by atoms with Gasteiger partial charge in [-0.15, -0.1) is 0 Å². The van der Waals surface area contributed by atoms with Gasteiger partial charge in [0.05, 0.1) is 32.4 Å². The standard InChI is InChI=1S/C30H32N4O5/c1-37-25-15-13-19(18-26(25)38-2)27(30(36)39-3)33-29(35)20-12-14-24-23(17-20)32-28(22-11-7-8-16-31-22)34(24)21-9-5-4-6-10-21/h7-8,11-18,21,27H,4-6,9-10H2,1-3H3,(H,33,35). The molecule has 1 unspecified atom stereocenters. The largest absolute Gasteiger partial charge is 0.493 e. The Kier molecular flexibility index (Phi) is 7.76. The molecule has 0 radical (unpaired) electrons. The number of nitrogens with zero attached hydrogens (tertiary/aromatic N) is 3. The second-order valence-electron chi connectivity index (χ2n) is 9.56. The van der Waals surface area contributed by atoms with Gasteiger partial charge in [-0.3, -0.25) is 9.78 Å². The number of carbonyl (C=O) groups is 2. The lowest BCUT2D eigenvalue weighted by Crippen LogP contribution is -2.34. The van der Waals surface area contributed by atoms with E-state index in [4.69, 9.17) is 19.2 Å². The third kappa shape index (κ3) is 5.30. The Morgan fingerprint density at radius 2 is 1.74 bits per heavy atom. The number of pyridine rings is 1. The van der Waals surface area contributed by atoms with Crippen LogP contribution in [0.5, 0.6) is 11.5 Å². The summed E-state index contributed by atoms with van der Waals surface area (Å²) in [6.07, 6.45) is 7.53. The van der Waals surface area contributed by atoms with Crippen molar-refractivity contribution in [2.24, 2.45) is 0 Å². The number of amides is 1. The second-order valence-corrected chi connectivity index (χ2v) is 9.56. The molecule has 0 aliphatic heterocycles. The lowest BCUT2D eigenvalue weighted by atomic mass is 9.95. The maximum atomic E-state index is 13.4. The van der Waals surface area contributed by atoms with Crippen molar-refractivity contribution >= 4 is 22.9 Å². The average Bonchev–Trinajstić information content (AvgIpc) is 3.38. The minimum absolute atomic E-state index is 0.328. The van der Waals surface area contributed by atoms with Gasteiger partial charge in [-0.2, -0.15) is 0 Å². The van der Waals surface area contributed by atoms with Crippen LogP contribution in [0, 0.1) is 0 Å². The molecular weight excluding hydrogens is 496 g/mol. The molecule has 0 saturated heterocycles. The molecule has 5 rings (SSSR count). The van der Waals surface area contributed by atoms with Gasteiger partial charge in [0.1, 0.15) is 5.69 Å². The summed E-state index contributed by atoms with van der Waals surface area (Å²) in [7, 11) is 4.32. The average molecular weight is 529 g/mol. The van der Waals surface area contributed by atoms with Crippen LogP contribution in [0.1, 0.15) is 60.1 Å². The van der Waals surface area contributed by atoms with Gasteiger partial charge >= 0.3 is 5.97 Å². The van der Waals surface area contributed by atoms with Crippen LogP contribution in [-0.2, 0) is 9.53 Å². The number of fused-ring (bicyclic) bond motifs is 1. The number of rotatable bonds is 8. The minimum Gasteiger partial charge on any atom is -0.493 e. The molecule has 2 heterocycles. The fourth-order valence-corrected chi connectivity index (χ4v) is 5.27. The molecule has 39 heavy (non-hydrogen) atoms. The van der Waals surface area contributed by atoms with Gasteiger partial charge in [-0.05, 0) is 60.9 Å². The number of imidazole rings is 1. The number of methoxy groups -OCH3 is 3. The number of ether oxygens (including phenoxy) is 3. The molecule has 1 aliphatic carbocycles. The fourth-order valence-electron chi connectivity index (χ4n) is 5.27. The summed E-state index contributed by atoms with van der Waals surface area (Å²) < 4.78 is 17.9. The smallest absolute Gasteiger partial charge is 0.333 e. The maximum absolute atomic E-state index is 13.4. The zero-order valence-corrected chi connectivity index (χ0v) is 22.3. The predicted octanol–water partition coefficient (Wildman–Crippen LogP) is 5.26. The topological polar surface area (TPSA) is 105 Å². The number of esters is 1. The van der Waals surface area contributed by atoms with Crippen LogP contribution in [0.3, 0.4) is 0 Å². The van der Waals surface area contributed by atoms with Crippen LogP contribution >= 0.6 is 0 Å². The SMILES string of the molecule is COC(=O)C(NC(=O)c1ccc2c(c1)nc(-c1ccccn1)n2C1CCCCC1)c1ccc(OC)c(OC)c1. The predicted molar refractivity (Wildman–Crippen MR) is 147 cm³/mol. The highest BCUT2D eigenvalue weighted by Gasteiger charge is 2.27. The van der Waals surface area contributed by atoms with Gasteiger partial charge in [0, 0.05) is 17.8 Å². The van der Waals surface area contributed by atoms with E-state index in [-0.39, 0.29) is 0 Å². The lowest BCUT2D eigenvalue weighted by molar-refractivity contribution is -0.143. The maximum Gasteiger partial charge on any atom is 0.333 e. The van der Waals surface area contributed by atoms with Crippen molar-refractivity contribution in [3.63, 3.8) is 0 Å². The van der Waals surface area contributed by atoms with E-state index in [2.05, 4.69) is 14.9 Å². The van der Waals surface area contributed by atoms with Crippen molar-refractivity contribution < 1.29 is 23.8 Å². The summed E-state index contributed by atoms with van der Waals surface area (Å²) in [5.41, 5.74) is 3.35. The van der Waals surface area contributed by atoms with Gasteiger partial charge in [-0.25, -0.2) is 9.78 Å². The van der Waals surface area contributed by atoms with Gasteiger partial charge in [0.15, 0.2) is 23.4 Å². The van der Waals surface area contributed by atoms with E-state index >= 15 is 0 Å². The van der Waals surface area contributed by atoms with Crippen molar-refractivity contribution in [1.82, 2.24) is 19.9 Å². The summed E-state index contributed by atoms with van der Waals surface area (Å²) in [6.45, 7) is 0. The first-order chi connectivity index (χ1) is 19.0. The van der Waals surface area contributed by atoms with E-state index in [1.807, 2.05) is 24.3 Å². The highest BCUT2D eigenvalue weighted by atomic mass is 16.5. The number of carbonyl (C=O) groups excluding carboxylic acids is 2. The molecular formula is C30H32N4O5. The Bertz CT molecular complexity index is 1480. The third-order valence-electron chi connectivity index (χ3n) is 7.24. The summed E-state index contributed by atoms with van der Waals surface area (Å²) in [4.78, 5) is 35.6. The summed E-state index contributed by atoms with van der Waals surface area (Å²) in [5.74, 6) is 0.728. The van der Waals surface area contributed by atoms with Crippen molar-refractivity contribution in [2.45, 2.75) is 44.2 Å². The lowest BCUT2D eigenvalue weighted by Gasteiger charge is -2.25. The Balaban J connectivity index is 1.50. The van der Waals surface area contributed by atoms with Crippen LogP contribution in [0.15, 0.2) is 60.8 Å². The highest BCUT2D eigenvalue weighted by molar-refractivity contribution is 6.00. The van der Waals surface area contributed by atoms with Crippen molar-refractivity contribution in [3.8, 4) is 23.0 Å². The first kappa shape index (κ1) is 26.2. The van der Waals surface area contributed by atoms with E-state index in [0.29, 0.717) is 34.2 Å². The first-order valence-electron chi connectivity index (χ1n) is 13.1. The molecule has 1 aliphatic rings. The molecule has 9 nitrogen and oxygen atoms in total. The monoisotopic (exact) mass is 528 g/mol. The van der Waals surface area contributed by atoms with Crippen LogP contribution in [0.4, 0.5) is 0 Å². The highest BCUT2D eigenvalue weighted by Crippen LogP contribution is 2.36. The quantitative estimate of drug-likeness (QED) is 0.311. The van der Waals surface area contributed by atoms with E-state index in [0.717, 1.165) is 29.9 Å². The van der Waals surface area contributed by atoms with E-state index in [1.54, 1.807) is 36.5 Å². The molecule has 0 bridgehead atoms. The van der Waals surface area contributed by atoms with Crippen molar-refractivity contribution in [3.05, 3.63) is 71.9 Å². The number of benzene rings is 2. The van der Waals surface area contributed by atoms with Gasteiger partial charge in [0.25, 0.3) is 5.91 Å². The normalized spacial score (nSPS) is 14.5. The minimum atomic E-state index is -1.04. The zero-order chi connectivity index (χ0) is 27.4. The Morgan fingerprint density at radius 3 is 2.44 bits per heavy atom. The molecule has 202 valence electrons. The summed E-state index contributed by atoms with van der Waals surface area (Å²) in [5, 5.41) is 2.81. The summed E-state index contributed by atoms with van der Waals surface area (Å²) in [6, 6.07) is 15.6. The molecule has 0 spiro atoms. The molecule has 1 atom stereocenters. The van der Waals surface area contributed by atoms with Crippen LogP contribution in [0.25, 0.3) is 22.6 Å². The first-order valence-corrected chi connectivity index (χ1v) is 13.1. The summed E-state index contributed by atoms with van der Waals surface area (Å²) >= 11 is 0. The molecule has 2 aromatic heterocycles. The Hall–Kier alpha value is -4.40. The van der Waals surface area contributed by atoms with Gasteiger partial charge in [0.2, 0.25) is 0 Å². The van der Waals surface area contributed by atoms with Gasteiger partial charge in [-0.1, -0.05) is 31.4 Å². The van der Waals surface area contributed by atoms with E-state index < -0.39 is 17.9 Å². The Morgan fingerprint density at radius 1 is 0.949 bits per heavy atom. The second kappa shape index (κ2) is 11.6. The number of aromatic nitrogens is 3. The molecule has 1 N–H and O–H groups in total. The molecule has 1 saturated carbocycles. The molecule has 2 aromatic carbocycles. The van der Waals surface area contributed by atoms with Crippen LogP contribution < -0.4 is 14.8 Å². The van der Waals surface area contributed by atoms with Crippen LogP contribution in [-0.4, -0.2) is 47.7 Å². The molecule has 4 aromatic rings. The Labute approximate surface area is 227 Å². The van der Waals surface area contributed by atoms with Crippen molar-refractivity contribution in [1.29, 1.82) is 0 Å². The number of nitrogens with one attached hydrogen (secondary N) is 1. The molecule has 1 fully saturated rings. The molecule has 9 heteroatoms. The molecule has 1 amide bonds. The van der Waals surface area contributed by atoms with Crippen LogP contribution in [0.2, 0.25) is 0 Å². The van der Waals surface area contributed by atoms with Crippen molar-refractivity contribution in [2.75, 3.05) is 21.3 Å². The van der Waals surface area contributed by atoms with E-state index in [1.165, 1.54) is 40.6 Å². The van der Waals surface area contributed by atoms with Gasteiger partial charge < -0.3 is 24.1 Å².